The molecular weight excluding hydrogens is 244 g/mol. The van der Waals surface area contributed by atoms with Crippen molar-refractivity contribution in [2.24, 2.45) is 0 Å². The van der Waals surface area contributed by atoms with Crippen molar-refractivity contribution in [1.29, 1.82) is 0 Å². The predicted octanol–water partition coefficient (Wildman–Crippen LogP) is 3.01. The third kappa shape index (κ3) is 3.07. The molecule has 5 heteroatoms. The van der Waals surface area contributed by atoms with Gasteiger partial charge in [-0.25, -0.2) is 9.97 Å². The number of thioether (sulfide) groups is 1. The minimum absolute atomic E-state index is 0.632. The van der Waals surface area contributed by atoms with E-state index < -0.39 is 0 Å². The number of anilines is 2. The van der Waals surface area contributed by atoms with Gasteiger partial charge in [-0.1, -0.05) is 31.0 Å². The van der Waals surface area contributed by atoms with Gasteiger partial charge < -0.3 is 10.2 Å². The number of nitrogens with one attached hydrogen (secondary N) is 1. The summed E-state index contributed by atoms with van der Waals surface area (Å²) in [7, 11) is 4.05. The van der Waals surface area contributed by atoms with Gasteiger partial charge in [-0.2, -0.15) is 0 Å². The largest absolute Gasteiger partial charge is 0.373 e. The van der Waals surface area contributed by atoms with Crippen LogP contribution in [0.2, 0.25) is 0 Å². The monoisotopic (exact) mass is 266 g/mol. The van der Waals surface area contributed by atoms with Gasteiger partial charge in [0.25, 0.3) is 0 Å². The Morgan fingerprint density at radius 3 is 2.61 bits per heavy atom. The molecule has 1 aliphatic rings. The minimum Gasteiger partial charge on any atom is -0.373 e. The molecule has 0 spiro atoms. The maximum atomic E-state index is 4.61. The highest BCUT2D eigenvalue weighted by molar-refractivity contribution is 7.98. The molecular formula is C13H22N4S. The zero-order valence-corrected chi connectivity index (χ0v) is 12.3. The highest BCUT2D eigenvalue weighted by atomic mass is 32.2. The van der Waals surface area contributed by atoms with E-state index in [9.17, 15) is 0 Å². The molecule has 0 bridgehead atoms. The number of nitrogens with zero attached hydrogens (tertiary/aromatic N) is 3. The molecule has 0 atom stereocenters. The summed E-state index contributed by atoms with van der Waals surface area (Å²) in [6.45, 7) is 0. The summed E-state index contributed by atoms with van der Waals surface area (Å²) < 4.78 is 0. The van der Waals surface area contributed by atoms with Crippen LogP contribution < -0.4 is 10.2 Å². The highest BCUT2D eigenvalue weighted by Crippen LogP contribution is 2.27. The number of aromatic nitrogens is 2. The molecule has 1 aromatic heterocycles. The molecule has 1 saturated carbocycles. The Hall–Kier alpha value is -0.970. The summed E-state index contributed by atoms with van der Waals surface area (Å²) >= 11 is 1.59. The van der Waals surface area contributed by atoms with Gasteiger partial charge in [-0.3, -0.25) is 0 Å². The Bertz CT molecular complexity index is 368. The van der Waals surface area contributed by atoms with Crippen LogP contribution in [0, 0.1) is 0 Å². The number of hydrogen-bond donors (Lipinski definition) is 1. The fourth-order valence-corrected chi connectivity index (χ4v) is 2.84. The van der Waals surface area contributed by atoms with Crippen LogP contribution in [0.15, 0.2) is 11.2 Å². The standard InChI is InChI=1S/C13H22N4S/c1-14-11-9-12(16-13(15-11)18-3)17(2)10-7-5-4-6-8-10/h9-10H,4-8H2,1-3H3,(H,14,15,16). The third-order valence-corrected chi connectivity index (χ3v) is 4.16. The lowest BCUT2D eigenvalue weighted by Gasteiger charge is -2.32. The first-order chi connectivity index (χ1) is 8.74. The summed E-state index contributed by atoms with van der Waals surface area (Å²) in [5, 5.41) is 3.94. The fraction of sp³-hybridized carbons (Fsp3) is 0.692. The first-order valence-electron chi connectivity index (χ1n) is 6.58. The molecule has 0 aliphatic heterocycles. The Morgan fingerprint density at radius 1 is 1.28 bits per heavy atom. The van der Waals surface area contributed by atoms with Crippen LogP contribution in [0.3, 0.4) is 0 Å². The zero-order chi connectivity index (χ0) is 13.0. The normalized spacial score (nSPS) is 16.6. The molecule has 1 N–H and O–H groups in total. The summed E-state index contributed by atoms with van der Waals surface area (Å²) in [5.41, 5.74) is 0. The average molecular weight is 266 g/mol. The topological polar surface area (TPSA) is 41.0 Å². The second-order valence-corrected chi connectivity index (χ2v) is 5.52. The van der Waals surface area contributed by atoms with Crippen molar-refractivity contribution in [3.8, 4) is 0 Å². The van der Waals surface area contributed by atoms with E-state index in [2.05, 4.69) is 27.2 Å². The lowest BCUT2D eigenvalue weighted by Crippen LogP contribution is -2.34. The van der Waals surface area contributed by atoms with Crippen LogP contribution in [0.1, 0.15) is 32.1 Å². The van der Waals surface area contributed by atoms with E-state index in [0.29, 0.717) is 6.04 Å². The molecule has 0 amide bonds. The van der Waals surface area contributed by atoms with Crippen LogP contribution in [0.25, 0.3) is 0 Å². The number of hydrogen-bond acceptors (Lipinski definition) is 5. The Kier molecular flexibility index (Phi) is 4.69. The molecule has 18 heavy (non-hydrogen) atoms. The van der Waals surface area contributed by atoms with Crippen LogP contribution in [0.5, 0.6) is 0 Å². The van der Waals surface area contributed by atoms with Gasteiger partial charge in [-0.05, 0) is 19.1 Å². The molecule has 0 unspecified atom stereocenters. The minimum atomic E-state index is 0.632. The molecule has 1 heterocycles. The fourth-order valence-electron chi connectivity index (χ4n) is 2.47. The van der Waals surface area contributed by atoms with Crippen LogP contribution in [0.4, 0.5) is 11.6 Å². The zero-order valence-electron chi connectivity index (χ0n) is 11.4. The SMILES string of the molecule is CNc1cc(N(C)C2CCCCC2)nc(SC)n1. The van der Waals surface area contributed by atoms with Crippen molar-refractivity contribution in [3.63, 3.8) is 0 Å². The van der Waals surface area contributed by atoms with Gasteiger partial charge in [0.2, 0.25) is 0 Å². The maximum absolute atomic E-state index is 4.61. The van der Waals surface area contributed by atoms with Crippen molar-refractivity contribution in [3.05, 3.63) is 6.07 Å². The average Bonchev–Trinajstić information content (AvgIpc) is 2.46. The second kappa shape index (κ2) is 6.27. The second-order valence-electron chi connectivity index (χ2n) is 4.75. The first kappa shape index (κ1) is 13.5. The van der Waals surface area contributed by atoms with Gasteiger partial charge in [0.15, 0.2) is 5.16 Å². The Labute approximate surface area is 114 Å². The summed E-state index contributed by atoms with van der Waals surface area (Å²) in [4.78, 5) is 11.3. The van der Waals surface area contributed by atoms with E-state index in [0.717, 1.165) is 16.8 Å². The highest BCUT2D eigenvalue weighted by Gasteiger charge is 2.20. The van der Waals surface area contributed by atoms with Crippen LogP contribution in [-0.2, 0) is 0 Å². The smallest absolute Gasteiger partial charge is 0.191 e. The number of rotatable bonds is 4. The lowest BCUT2D eigenvalue weighted by atomic mass is 9.94. The third-order valence-electron chi connectivity index (χ3n) is 3.61. The van der Waals surface area contributed by atoms with Gasteiger partial charge >= 0.3 is 0 Å². The van der Waals surface area contributed by atoms with Gasteiger partial charge in [0, 0.05) is 26.2 Å². The molecule has 1 aliphatic carbocycles. The molecule has 0 saturated heterocycles. The lowest BCUT2D eigenvalue weighted by molar-refractivity contribution is 0.425. The van der Waals surface area contributed by atoms with Gasteiger partial charge in [0.05, 0.1) is 0 Å². The summed E-state index contributed by atoms with van der Waals surface area (Å²) in [6.07, 6.45) is 8.64. The molecule has 0 radical (unpaired) electrons. The van der Waals surface area contributed by atoms with E-state index in [1.807, 2.05) is 19.4 Å². The van der Waals surface area contributed by atoms with Crippen molar-refractivity contribution >= 4 is 23.4 Å². The van der Waals surface area contributed by atoms with Crippen molar-refractivity contribution in [2.45, 2.75) is 43.3 Å². The molecule has 0 aromatic carbocycles. The Morgan fingerprint density at radius 2 is 2.00 bits per heavy atom. The van der Waals surface area contributed by atoms with E-state index in [-0.39, 0.29) is 0 Å². The van der Waals surface area contributed by atoms with Crippen LogP contribution >= 0.6 is 11.8 Å². The van der Waals surface area contributed by atoms with Gasteiger partial charge in [0.1, 0.15) is 11.6 Å². The van der Waals surface area contributed by atoms with E-state index >= 15 is 0 Å². The predicted molar refractivity (Wildman–Crippen MR) is 78.6 cm³/mol. The van der Waals surface area contributed by atoms with Crippen molar-refractivity contribution < 1.29 is 0 Å². The van der Waals surface area contributed by atoms with E-state index in [1.54, 1.807) is 11.8 Å². The Balaban J connectivity index is 2.19. The summed E-state index contributed by atoms with van der Waals surface area (Å²) in [5.74, 6) is 1.93. The molecule has 100 valence electrons. The van der Waals surface area contributed by atoms with Gasteiger partial charge in [-0.15, -0.1) is 0 Å². The maximum Gasteiger partial charge on any atom is 0.191 e. The molecule has 4 nitrogen and oxygen atoms in total. The molecule has 1 fully saturated rings. The summed E-state index contributed by atoms with van der Waals surface area (Å²) in [6, 6.07) is 2.67. The van der Waals surface area contributed by atoms with E-state index in [4.69, 9.17) is 0 Å². The molecule has 2 rings (SSSR count). The molecule has 1 aromatic rings. The van der Waals surface area contributed by atoms with Crippen LogP contribution in [-0.4, -0.2) is 36.4 Å². The first-order valence-corrected chi connectivity index (χ1v) is 7.80. The van der Waals surface area contributed by atoms with Crippen molar-refractivity contribution in [2.75, 3.05) is 30.6 Å². The quantitative estimate of drug-likeness (QED) is 0.670. The van der Waals surface area contributed by atoms with E-state index in [1.165, 1.54) is 32.1 Å². The van der Waals surface area contributed by atoms with Crippen molar-refractivity contribution in [1.82, 2.24) is 9.97 Å².